The summed E-state index contributed by atoms with van der Waals surface area (Å²) in [6, 6.07) is 0. The number of ether oxygens (including phenoxy) is 2. The van der Waals surface area contributed by atoms with Crippen molar-refractivity contribution >= 4 is 19.8 Å². The van der Waals surface area contributed by atoms with Gasteiger partial charge in [-0.3, -0.25) is 18.6 Å². The molecule has 0 bridgehead atoms. The largest absolute Gasteiger partial charge is 0.472 e. The Morgan fingerprint density at radius 1 is 0.516 bits per heavy atom. The number of hydrogen-bond donors (Lipinski definition) is 6. The Labute approximate surface area is 370 Å². The Hall–Kier alpha value is -3.23. The molecule has 0 spiro atoms. The zero-order chi connectivity index (χ0) is 45.7. The topological polar surface area (TPSA) is 210 Å². The van der Waals surface area contributed by atoms with Crippen molar-refractivity contribution in [2.75, 3.05) is 13.2 Å². The van der Waals surface area contributed by atoms with Gasteiger partial charge in [-0.25, -0.2) is 4.57 Å². The molecule has 0 aromatic carbocycles. The van der Waals surface area contributed by atoms with E-state index in [0.717, 1.165) is 57.8 Å². The number of carbonyl (C=O) groups excluding carboxylic acids is 2. The molecule has 0 heterocycles. The van der Waals surface area contributed by atoms with Gasteiger partial charge >= 0.3 is 19.8 Å². The van der Waals surface area contributed by atoms with Crippen LogP contribution in [0.25, 0.3) is 0 Å². The van der Waals surface area contributed by atoms with Gasteiger partial charge in [0, 0.05) is 12.8 Å². The van der Waals surface area contributed by atoms with E-state index in [2.05, 4.69) is 56.4 Å². The predicted molar refractivity (Wildman–Crippen MR) is 244 cm³/mol. The molecule has 1 saturated carbocycles. The molecule has 352 valence electrons. The summed E-state index contributed by atoms with van der Waals surface area (Å²) < 4.78 is 33.4. The first-order valence-corrected chi connectivity index (χ1v) is 24.1. The van der Waals surface area contributed by atoms with Crippen LogP contribution in [-0.4, -0.2) is 98.3 Å². The van der Waals surface area contributed by atoms with Crippen LogP contribution in [0.1, 0.15) is 136 Å². The third kappa shape index (κ3) is 29.2. The van der Waals surface area contributed by atoms with Crippen LogP contribution in [0.15, 0.2) is 97.2 Å². The highest BCUT2D eigenvalue weighted by atomic mass is 31.2. The first-order chi connectivity index (χ1) is 29.9. The number of aliphatic hydroxyl groups is 5. The van der Waals surface area contributed by atoms with Gasteiger partial charge in [-0.05, 0) is 57.8 Å². The molecule has 13 nitrogen and oxygen atoms in total. The molecular formula is C48H77O13P. The average molecular weight is 893 g/mol. The van der Waals surface area contributed by atoms with Gasteiger partial charge in [-0.2, -0.15) is 0 Å². The van der Waals surface area contributed by atoms with E-state index >= 15 is 0 Å². The summed E-state index contributed by atoms with van der Waals surface area (Å²) in [5.74, 6) is -1.20. The highest BCUT2D eigenvalue weighted by Gasteiger charge is 2.51. The molecule has 7 unspecified atom stereocenters. The Balaban J connectivity index is 2.48. The highest BCUT2D eigenvalue weighted by Crippen LogP contribution is 2.47. The molecule has 14 heteroatoms. The van der Waals surface area contributed by atoms with Gasteiger partial charge in [0.05, 0.1) is 6.61 Å². The molecule has 1 fully saturated rings. The van der Waals surface area contributed by atoms with Crippen LogP contribution < -0.4 is 0 Å². The Bertz CT molecular complexity index is 1450. The van der Waals surface area contributed by atoms with Crippen LogP contribution in [0, 0.1) is 0 Å². The van der Waals surface area contributed by atoms with Crippen LogP contribution in [-0.2, 0) is 32.7 Å². The average Bonchev–Trinajstić information content (AvgIpc) is 3.25. The molecule has 62 heavy (non-hydrogen) atoms. The molecule has 0 radical (unpaired) electrons. The SMILES string of the molecule is CC/C=C/C=C/C=C/C=C/C=C/CCCC(=O)OC(COC(=O)CCCCCCCCCCCC/C=C/C/C=C/C/C=C/CC)COP(=O)(O)OC1C(O)C(O)C(O)[C@H](O)C1O. The number of unbranched alkanes of at least 4 members (excludes halogenated alkanes) is 11. The van der Waals surface area contributed by atoms with Gasteiger partial charge in [0.25, 0.3) is 0 Å². The van der Waals surface area contributed by atoms with Gasteiger partial charge in [-0.15, -0.1) is 0 Å². The zero-order valence-electron chi connectivity index (χ0n) is 37.1. The first-order valence-electron chi connectivity index (χ1n) is 22.6. The summed E-state index contributed by atoms with van der Waals surface area (Å²) in [5, 5.41) is 50.1. The van der Waals surface area contributed by atoms with Gasteiger partial charge in [0.1, 0.15) is 43.2 Å². The zero-order valence-corrected chi connectivity index (χ0v) is 38.0. The standard InChI is InChI=1S/C48H77O13P/c1-3-5-7-9-11-13-15-17-18-19-20-21-22-23-25-26-28-30-32-34-36-41(49)58-38-40(39-59-62(56,57)61-48-46(54)44(52)43(51)45(53)47(48)55)60-42(50)37-35-33-31-29-27-24-16-14-12-10-8-6-4-2/h5-8,10-14,16-18,24,27,29,31,40,43-48,51-55H,3-4,9,15,19-23,25-26,28,30,32-39H2,1-2H3,(H,56,57)/b7-5+,8-6+,12-10+,13-11+,16-14+,18-17+,27-24+,31-29+/t40?,43?,44-,45?,46?,47?,48?/m0/s1. The smallest absolute Gasteiger partial charge is 0.462 e. The van der Waals surface area contributed by atoms with E-state index in [9.17, 15) is 44.6 Å². The Morgan fingerprint density at radius 2 is 0.968 bits per heavy atom. The van der Waals surface area contributed by atoms with Gasteiger partial charge in [0.15, 0.2) is 6.10 Å². The van der Waals surface area contributed by atoms with Crippen molar-refractivity contribution in [3.63, 3.8) is 0 Å². The number of esters is 2. The van der Waals surface area contributed by atoms with Gasteiger partial charge in [0.2, 0.25) is 0 Å². The lowest BCUT2D eigenvalue weighted by Gasteiger charge is -2.41. The lowest BCUT2D eigenvalue weighted by atomic mass is 9.85. The van der Waals surface area contributed by atoms with Crippen molar-refractivity contribution in [3.8, 4) is 0 Å². The molecule has 0 saturated heterocycles. The van der Waals surface area contributed by atoms with Gasteiger partial charge in [-0.1, -0.05) is 162 Å². The second kappa shape index (κ2) is 37.2. The number of allylic oxidation sites excluding steroid dienone is 16. The predicted octanol–water partition coefficient (Wildman–Crippen LogP) is 8.66. The molecule has 1 aliphatic rings. The molecule has 1 aliphatic carbocycles. The molecule has 8 atom stereocenters. The number of carbonyl (C=O) groups is 2. The van der Waals surface area contributed by atoms with E-state index in [4.69, 9.17) is 18.5 Å². The molecular weight excluding hydrogens is 815 g/mol. The second-order valence-corrected chi connectivity index (χ2v) is 16.7. The van der Waals surface area contributed by atoms with E-state index in [-0.39, 0.29) is 12.8 Å². The van der Waals surface area contributed by atoms with E-state index in [1.165, 1.54) is 32.1 Å². The second-order valence-electron chi connectivity index (χ2n) is 15.3. The fraction of sp³-hybridized carbons (Fsp3) is 0.625. The summed E-state index contributed by atoms with van der Waals surface area (Å²) in [6.45, 7) is 2.96. The third-order valence-electron chi connectivity index (χ3n) is 9.80. The van der Waals surface area contributed by atoms with Crippen molar-refractivity contribution < 1.29 is 63.1 Å². The molecule has 6 N–H and O–H groups in total. The number of rotatable bonds is 35. The van der Waals surface area contributed by atoms with Crippen LogP contribution in [0.4, 0.5) is 0 Å². The van der Waals surface area contributed by atoms with Crippen molar-refractivity contribution in [2.45, 2.75) is 179 Å². The third-order valence-corrected chi connectivity index (χ3v) is 10.8. The number of phosphoric ester groups is 1. The maximum absolute atomic E-state index is 12.8. The highest BCUT2D eigenvalue weighted by molar-refractivity contribution is 7.47. The fourth-order valence-corrected chi connectivity index (χ4v) is 7.19. The summed E-state index contributed by atoms with van der Waals surface area (Å²) in [7, 11) is -5.14. The van der Waals surface area contributed by atoms with E-state index in [1.54, 1.807) is 0 Å². The minimum absolute atomic E-state index is 0.00590. The van der Waals surface area contributed by atoms with E-state index in [0.29, 0.717) is 19.3 Å². The molecule has 0 aromatic rings. The molecule has 0 aliphatic heterocycles. The lowest BCUT2D eigenvalue weighted by molar-refractivity contribution is -0.220. The summed E-state index contributed by atoms with van der Waals surface area (Å²) >= 11 is 0. The summed E-state index contributed by atoms with van der Waals surface area (Å²) in [6.07, 6.45) is 36.2. The monoisotopic (exact) mass is 893 g/mol. The molecule has 0 amide bonds. The van der Waals surface area contributed by atoms with Gasteiger partial charge < -0.3 is 39.9 Å². The van der Waals surface area contributed by atoms with Crippen LogP contribution in [0.2, 0.25) is 0 Å². The van der Waals surface area contributed by atoms with Crippen LogP contribution in [0.5, 0.6) is 0 Å². The number of aliphatic hydroxyl groups excluding tert-OH is 5. The summed E-state index contributed by atoms with van der Waals surface area (Å²) in [4.78, 5) is 35.6. The van der Waals surface area contributed by atoms with E-state index < -0.39 is 75.7 Å². The maximum atomic E-state index is 12.8. The minimum Gasteiger partial charge on any atom is -0.462 e. The minimum atomic E-state index is -5.14. The van der Waals surface area contributed by atoms with E-state index in [1.807, 2.05) is 54.7 Å². The fourth-order valence-electron chi connectivity index (χ4n) is 6.21. The summed E-state index contributed by atoms with van der Waals surface area (Å²) in [5.41, 5.74) is 0. The number of hydrogen-bond acceptors (Lipinski definition) is 12. The van der Waals surface area contributed by atoms with Crippen molar-refractivity contribution in [3.05, 3.63) is 97.2 Å². The Morgan fingerprint density at radius 3 is 1.55 bits per heavy atom. The first kappa shape index (κ1) is 56.8. The quantitative estimate of drug-likeness (QED) is 0.0116. The Kier molecular flexibility index (Phi) is 34.0. The van der Waals surface area contributed by atoms with Crippen molar-refractivity contribution in [1.29, 1.82) is 0 Å². The normalized spacial score (nSPS) is 22.8. The van der Waals surface area contributed by atoms with Crippen molar-refractivity contribution in [2.24, 2.45) is 0 Å². The van der Waals surface area contributed by atoms with Crippen molar-refractivity contribution in [1.82, 2.24) is 0 Å². The lowest BCUT2D eigenvalue weighted by Crippen LogP contribution is -2.64. The van der Waals surface area contributed by atoms with Crippen LogP contribution in [0.3, 0.4) is 0 Å². The molecule has 1 rings (SSSR count). The number of phosphoric acid groups is 1. The maximum Gasteiger partial charge on any atom is 0.472 e. The van der Waals surface area contributed by atoms with Crippen LogP contribution >= 0.6 is 7.82 Å². The molecule has 0 aromatic heterocycles.